The fraction of sp³-hybridized carbons (Fsp3) is 0.562. The first-order chi connectivity index (χ1) is 9.31. The molecular formula is C16H22N2O. The zero-order valence-electron chi connectivity index (χ0n) is 11.4. The largest absolute Gasteiger partial charge is 0.371 e. The van der Waals surface area contributed by atoms with Crippen LogP contribution in [0, 0.1) is 5.41 Å². The number of benzene rings is 1. The predicted molar refractivity (Wildman–Crippen MR) is 77.8 cm³/mol. The van der Waals surface area contributed by atoms with E-state index in [0.29, 0.717) is 5.41 Å². The van der Waals surface area contributed by atoms with Crippen molar-refractivity contribution in [2.24, 2.45) is 5.41 Å². The van der Waals surface area contributed by atoms with E-state index in [1.807, 2.05) is 12.1 Å². The van der Waals surface area contributed by atoms with Gasteiger partial charge in [0.05, 0.1) is 0 Å². The number of carbonyl (C=O) groups is 1. The Bertz CT molecular complexity index is 425. The molecule has 2 heterocycles. The van der Waals surface area contributed by atoms with Crippen LogP contribution < -0.4 is 10.2 Å². The van der Waals surface area contributed by atoms with Gasteiger partial charge in [0.2, 0.25) is 0 Å². The molecule has 0 saturated carbocycles. The van der Waals surface area contributed by atoms with Crippen molar-refractivity contribution in [2.45, 2.75) is 25.7 Å². The molecule has 0 bridgehead atoms. The number of anilines is 1. The maximum atomic E-state index is 10.7. The zero-order valence-corrected chi connectivity index (χ0v) is 11.4. The van der Waals surface area contributed by atoms with Gasteiger partial charge in [-0.2, -0.15) is 0 Å². The molecule has 0 radical (unpaired) electrons. The normalized spacial score (nSPS) is 22.4. The van der Waals surface area contributed by atoms with Crippen molar-refractivity contribution in [3.8, 4) is 0 Å². The molecule has 0 aliphatic carbocycles. The fourth-order valence-corrected chi connectivity index (χ4v) is 3.46. The van der Waals surface area contributed by atoms with Crippen LogP contribution in [-0.2, 0) is 0 Å². The van der Waals surface area contributed by atoms with Crippen molar-refractivity contribution < 1.29 is 4.79 Å². The average Bonchev–Trinajstić information content (AvgIpc) is 2.49. The first-order valence-corrected chi connectivity index (χ1v) is 7.32. The van der Waals surface area contributed by atoms with E-state index >= 15 is 0 Å². The standard InChI is InChI=1S/C16H22N2O/c19-13-14-1-3-15(4-2-14)18-11-7-16(8-12-18)5-9-17-10-6-16/h1-4,13,17H,5-12H2. The third-order valence-corrected chi connectivity index (χ3v) is 4.88. The summed E-state index contributed by atoms with van der Waals surface area (Å²) in [4.78, 5) is 13.1. The van der Waals surface area contributed by atoms with Crippen LogP contribution >= 0.6 is 0 Å². The quantitative estimate of drug-likeness (QED) is 0.827. The molecule has 1 aromatic carbocycles. The van der Waals surface area contributed by atoms with Crippen LogP contribution in [0.2, 0.25) is 0 Å². The molecule has 2 aliphatic heterocycles. The smallest absolute Gasteiger partial charge is 0.150 e. The maximum Gasteiger partial charge on any atom is 0.150 e. The molecule has 2 fully saturated rings. The molecule has 2 saturated heterocycles. The Hall–Kier alpha value is -1.35. The monoisotopic (exact) mass is 258 g/mol. The summed E-state index contributed by atoms with van der Waals surface area (Å²) in [6.45, 7) is 4.68. The SMILES string of the molecule is O=Cc1ccc(N2CCC3(CCNCC3)CC2)cc1. The maximum absolute atomic E-state index is 10.7. The number of nitrogens with one attached hydrogen (secondary N) is 1. The van der Waals surface area contributed by atoms with Crippen LogP contribution in [0.1, 0.15) is 36.0 Å². The molecule has 3 rings (SSSR count). The lowest BCUT2D eigenvalue weighted by atomic mass is 9.71. The second-order valence-electron chi connectivity index (χ2n) is 5.95. The van der Waals surface area contributed by atoms with E-state index in [-0.39, 0.29) is 0 Å². The summed E-state index contributed by atoms with van der Waals surface area (Å²) in [5.74, 6) is 0. The number of aldehydes is 1. The molecule has 2 aliphatic rings. The summed E-state index contributed by atoms with van der Waals surface area (Å²) in [5.41, 5.74) is 2.62. The third kappa shape index (κ3) is 2.66. The van der Waals surface area contributed by atoms with Crippen molar-refractivity contribution in [3.05, 3.63) is 29.8 Å². The molecule has 1 aromatic rings. The molecule has 0 aromatic heterocycles. The Labute approximate surface area is 115 Å². The average molecular weight is 258 g/mol. The van der Waals surface area contributed by atoms with Crippen molar-refractivity contribution >= 4 is 12.0 Å². The molecule has 0 amide bonds. The number of carbonyl (C=O) groups excluding carboxylic acids is 1. The van der Waals surface area contributed by atoms with Gasteiger partial charge in [0.1, 0.15) is 6.29 Å². The number of rotatable bonds is 2. The van der Waals surface area contributed by atoms with Crippen LogP contribution in [0.25, 0.3) is 0 Å². The Kier molecular flexibility index (Phi) is 3.56. The van der Waals surface area contributed by atoms with Crippen molar-refractivity contribution in [3.63, 3.8) is 0 Å². The molecular weight excluding hydrogens is 236 g/mol. The van der Waals surface area contributed by atoms with Crippen molar-refractivity contribution in [2.75, 3.05) is 31.1 Å². The van der Waals surface area contributed by atoms with Gasteiger partial charge in [-0.1, -0.05) is 0 Å². The van der Waals surface area contributed by atoms with Gasteiger partial charge in [-0.15, -0.1) is 0 Å². The summed E-state index contributed by atoms with van der Waals surface area (Å²) in [6.07, 6.45) is 6.20. The van der Waals surface area contributed by atoms with Crippen LogP contribution in [0.5, 0.6) is 0 Å². The minimum absolute atomic E-state index is 0.602. The highest BCUT2D eigenvalue weighted by Gasteiger charge is 2.35. The van der Waals surface area contributed by atoms with E-state index in [9.17, 15) is 4.79 Å². The molecule has 0 unspecified atom stereocenters. The second-order valence-corrected chi connectivity index (χ2v) is 5.95. The van der Waals surface area contributed by atoms with Gasteiger partial charge in [-0.3, -0.25) is 4.79 Å². The fourth-order valence-electron chi connectivity index (χ4n) is 3.46. The van der Waals surface area contributed by atoms with Crippen LogP contribution in [0.4, 0.5) is 5.69 Å². The van der Waals surface area contributed by atoms with Gasteiger partial charge in [-0.05, 0) is 68.5 Å². The Morgan fingerprint density at radius 3 is 2.21 bits per heavy atom. The molecule has 102 valence electrons. The Balaban J connectivity index is 1.64. The molecule has 19 heavy (non-hydrogen) atoms. The lowest BCUT2D eigenvalue weighted by molar-refractivity contribution is 0.112. The van der Waals surface area contributed by atoms with Crippen molar-refractivity contribution in [1.82, 2.24) is 5.32 Å². The summed E-state index contributed by atoms with van der Waals surface area (Å²) in [7, 11) is 0. The van der Waals surface area contributed by atoms with E-state index in [0.717, 1.165) is 24.9 Å². The van der Waals surface area contributed by atoms with Crippen LogP contribution in [0.3, 0.4) is 0 Å². The number of nitrogens with zero attached hydrogens (tertiary/aromatic N) is 1. The molecule has 3 heteroatoms. The zero-order chi connectivity index (χ0) is 13.1. The van der Waals surface area contributed by atoms with E-state index in [2.05, 4.69) is 22.3 Å². The minimum Gasteiger partial charge on any atom is -0.371 e. The number of hydrogen-bond donors (Lipinski definition) is 1. The van der Waals surface area contributed by atoms with Gasteiger partial charge < -0.3 is 10.2 Å². The predicted octanol–water partition coefficient (Wildman–Crippen LogP) is 2.47. The van der Waals surface area contributed by atoms with Gasteiger partial charge in [0.15, 0.2) is 0 Å². The van der Waals surface area contributed by atoms with E-state index < -0.39 is 0 Å². The highest BCUT2D eigenvalue weighted by atomic mass is 16.1. The van der Waals surface area contributed by atoms with Crippen LogP contribution in [-0.4, -0.2) is 32.5 Å². The first kappa shape index (κ1) is 12.7. The minimum atomic E-state index is 0.602. The Morgan fingerprint density at radius 1 is 1.00 bits per heavy atom. The molecule has 3 nitrogen and oxygen atoms in total. The van der Waals surface area contributed by atoms with Gasteiger partial charge in [-0.25, -0.2) is 0 Å². The van der Waals surface area contributed by atoms with Gasteiger partial charge >= 0.3 is 0 Å². The summed E-state index contributed by atoms with van der Waals surface area (Å²) >= 11 is 0. The highest BCUT2D eigenvalue weighted by Crippen LogP contribution is 2.40. The molecule has 0 atom stereocenters. The lowest BCUT2D eigenvalue weighted by Gasteiger charge is -2.45. The summed E-state index contributed by atoms with van der Waals surface area (Å²) in [6, 6.07) is 7.97. The van der Waals surface area contributed by atoms with E-state index in [1.165, 1.54) is 44.5 Å². The van der Waals surface area contributed by atoms with E-state index in [1.54, 1.807) is 0 Å². The number of hydrogen-bond acceptors (Lipinski definition) is 3. The topological polar surface area (TPSA) is 32.3 Å². The summed E-state index contributed by atoms with van der Waals surface area (Å²) in [5, 5.41) is 3.47. The van der Waals surface area contributed by atoms with Crippen LogP contribution in [0.15, 0.2) is 24.3 Å². The van der Waals surface area contributed by atoms with Gasteiger partial charge in [0.25, 0.3) is 0 Å². The highest BCUT2D eigenvalue weighted by molar-refractivity contribution is 5.75. The van der Waals surface area contributed by atoms with Gasteiger partial charge in [0, 0.05) is 24.3 Å². The van der Waals surface area contributed by atoms with Crippen molar-refractivity contribution in [1.29, 1.82) is 0 Å². The first-order valence-electron chi connectivity index (χ1n) is 7.32. The second kappa shape index (κ2) is 5.33. The molecule has 1 spiro atoms. The summed E-state index contributed by atoms with van der Waals surface area (Å²) < 4.78 is 0. The lowest BCUT2D eigenvalue weighted by Crippen LogP contribution is -2.45. The number of piperidine rings is 2. The third-order valence-electron chi connectivity index (χ3n) is 4.88. The molecule has 1 N–H and O–H groups in total. The van der Waals surface area contributed by atoms with E-state index in [4.69, 9.17) is 0 Å². The Morgan fingerprint density at radius 2 is 1.63 bits per heavy atom.